The molecule has 7 rings (SSSR count). The zero-order valence-corrected chi connectivity index (χ0v) is 26.7. The van der Waals surface area contributed by atoms with Crippen LogP contribution in [0.3, 0.4) is 0 Å². The molecular weight excluding hydrogens is 632 g/mol. The number of ether oxygens (including phenoxy) is 3. The van der Waals surface area contributed by atoms with E-state index < -0.39 is 11.9 Å². The molecule has 3 aromatic carbocycles. The van der Waals surface area contributed by atoms with Gasteiger partial charge in [-0.15, -0.1) is 0 Å². The Bertz CT molecular complexity index is 2150. The number of furan rings is 2. The summed E-state index contributed by atoms with van der Waals surface area (Å²) < 4.78 is 27.4. The van der Waals surface area contributed by atoms with Gasteiger partial charge in [-0.1, -0.05) is 0 Å². The maximum absolute atomic E-state index is 13.1. The number of nitrogens with zero attached hydrogens (tertiary/aromatic N) is 2. The van der Waals surface area contributed by atoms with Gasteiger partial charge in [-0.25, -0.2) is 4.79 Å². The number of hydrogen-bond donors (Lipinski definition) is 2. The van der Waals surface area contributed by atoms with Crippen molar-refractivity contribution in [1.29, 1.82) is 0 Å². The zero-order valence-electron chi connectivity index (χ0n) is 26.7. The summed E-state index contributed by atoms with van der Waals surface area (Å²) in [4.78, 5) is 56.9. The van der Waals surface area contributed by atoms with Crippen LogP contribution in [0, 0.1) is 0 Å². The van der Waals surface area contributed by atoms with E-state index >= 15 is 0 Å². The van der Waals surface area contributed by atoms with Crippen molar-refractivity contribution < 1.29 is 42.2 Å². The summed E-state index contributed by atoms with van der Waals surface area (Å²) in [5.74, 6) is -0.309. The van der Waals surface area contributed by atoms with Crippen LogP contribution in [0.25, 0.3) is 21.9 Å². The topological polar surface area (TPSA) is 162 Å². The lowest BCUT2D eigenvalue weighted by Gasteiger charge is -2.20. The lowest BCUT2D eigenvalue weighted by atomic mass is 10.1. The lowest BCUT2D eigenvalue weighted by molar-refractivity contribution is -0.116. The molecule has 1 fully saturated rings. The summed E-state index contributed by atoms with van der Waals surface area (Å²) in [5, 5.41) is 6.91. The first-order valence-corrected chi connectivity index (χ1v) is 15.8. The first-order valence-electron chi connectivity index (χ1n) is 15.8. The van der Waals surface area contributed by atoms with Crippen molar-refractivity contribution in [2.45, 2.75) is 31.7 Å². The van der Waals surface area contributed by atoms with E-state index in [1.165, 1.54) is 20.3 Å². The van der Waals surface area contributed by atoms with Gasteiger partial charge < -0.3 is 38.6 Å². The molecule has 3 amide bonds. The van der Waals surface area contributed by atoms with Crippen LogP contribution < -0.4 is 20.1 Å². The summed E-state index contributed by atoms with van der Waals surface area (Å²) in [6.07, 6.45) is 4.30. The van der Waals surface area contributed by atoms with Crippen LogP contribution in [0.1, 0.15) is 57.2 Å². The Morgan fingerprint density at radius 3 is 2.35 bits per heavy atom. The predicted molar refractivity (Wildman–Crippen MR) is 180 cm³/mol. The van der Waals surface area contributed by atoms with E-state index in [0.717, 1.165) is 12.8 Å². The zero-order chi connectivity index (χ0) is 34.1. The molecule has 1 atom stereocenters. The number of anilines is 2. The number of nitrogens with one attached hydrogen (secondary N) is 2. The molecule has 250 valence electrons. The van der Waals surface area contributed by atoms with E-state index in [2.05, 4.69) is 20.4 Å². The van der Waals surface area contributed by atoms with Gasteiger partial charge in [-0.3, -0.25) is 19.4 Å². The van der Waals surface area contributed by atoms with E-state index in [-0.39, 0.29) is 42.4 Å². The van der Waals surface area contributed by atoms with Crippen molar-refractivity contribution in [2.75, 3.05) is 38.0 Å². The number of fused-ring (bicyclic) bond motifs is 4. The van der Waals surface area contributed by atoms with Crippen molar-refractivity contribution in [3.8, 4) is 11.5 Å². The van der Waals surface area contributed by atoms with Crippen molar-refractivity contribution in [1.82, 2.24) is 4.90 Å². The highest BCUT2D eigenvalue weighted by atomic mass is 16.5. The molecule has 0 radical (unpaired) electrons. The summed E-state index contributed by atoms with van der Waals surface area (Å²) in [6, 6.07) is 16.6. The largest absolute Gasteiger partial charge is 0.493 e. The van der Waals surface area contributed by atoms with Crippen LogP contribution in [0.15, 0.2) is 74.5 Å². The van der Waals surface area contributed by atoms with Crippen molar-refractivity contribution in [3.63, 3.8) is 0 Å². The molecule has 0 unspecified atom stereocenters. The van der Waals surface area contributed by atoms with E-state index in [0.29, 0.717) is 69.0 Å². The van der Waals surface area contributed by atoms with E-state index in [4.69, 9.17) is 18.3 Å². The molecule has 2 aromatic heterocycles. The second-order valence-electron chi connectivity index (χ2n) is 11.7. The van der Waals surface area contributed by atoms with Crippen LogP contribution in [0.2, 0.25) is 0 Å². The van der Waals surface area contributed by atoms with Crippen LogP contribution in [0.5, 0.6) is 11.5 Å². The number of hydrogen-bond acceptors (Lipinski definition) is 10. The second-order valence-corrected chi connectivity index (χ2v) is 11.7. The van der Waals surface area contributed by atoms with Gasteiger partial charge >= 0.3 is 5.97 Å². The van der Waals surface area contributed by atoms with Gasteiger partial charge in [0.2, 0.25) is 11.7 Å². The lowest BCUT2D eigenvalue weighted by Crippen LogP contribution is -2.35. The molecule has 13 heteroatoms. The van der Waals surface area contributed by atoms with Gasteiger partial charge in [0.25, 0.3) is 11.8 Å². The summed E-state index contributed by atoms with van der Waals surface area (Å²) >= 11 is 0. The minimum absolute atomic E-state index is 0.00508. The quantitative estimate of drug-likeness (QED) is 0.128. The summed E-state index contributed by atoms with van der Waals surface area (Å²) in [5.41, 5.74) is 3.00. The maximum atomic E-state index is 13.1. The van der Waals surface area contributed by atoms with Gasteiger partial charge in [-0.2, -0.15) is 0 Å². The van der Waals surface area contributed by atoms with Gasteiger partial charge in [0.05, 0.1) is 38.1 Å². The molecule has 13 nitrogen and oxygen atoms in total. The third kappa shape index (κ3) is 6.42. The highest BCUT2D eigenvalue weighted by Gasteiger charge is 2.32. The maximum Gasteiger partial charge on any atom is 0.373 e. The van der Waals surface area contributed by atoms with E-state index in [1.807, 2.05) is 11.1 Å². The van der Waals surface area contributed by atoms with E-state index in [1.54, 1.807) is 54.6 Å². The normalized spacial score (nSPS) is 15.1. The molecule has 4 heterocycles. The van der Waals surface area contributed by atoms with Crippen LogP contribution in [-0.2, 0) is 9.53 Å². The summed E-state index contributed by atoms with van der Waals surface area (Å²) in [6.45, 7) is 0.953. The number of carbonyl (C=O) groups is 4. The van der Waals surface area contributed by atoms with Crippen LogP contribution in [-0.4, -0.2) is 68.2 Å². The minimum atomic E-state index is -0.595. The van der Waals surface area contributed by atoms with Gasteiger partial charge in [0, 0.05) is 47.4 Å². The van der Waals surface area contributed by atoms with Gasteiger partial charge in [0.1, 0.15) is 11.2 Å². The fourth-order valence-electron chi connectivity index (χ4n) is 6.01. The molecule has 2 N–H and O–H groups in total. The Balaban J connectivity index is 0.935. The standard InChI is InChI=1S/C36H32N4O9/c1-45-29-17-25-26(37-19-24-5-3-11-40(24)35(25)43)18-30(29)47-12-4-6-33(41)38-22-7-9-27-20(13-22)15-31(48-27)34(42)39-23-8-10-28-21(14-23)16-32(49-28)36(44)46-2/h7-10,13-19,24H,3-6,11-12H2,1-2H3,(H,38,41)(H,39,42)/t24-/m0/s1. The minimum Gasteiger partial charge on any atom is -0.493 e. The fraction of sp³-hybridized carbons (Fsp3) is 0.250. The smallest absolute Gasteiger partial charge is 0.373 e. The number of carbonyl (C=O) groups excluding carboxylic acids is 4. The number of methoxy groups -OCH3 is 2. The Labute approximate surface area is 279 Å². The number of aliphatic imine (C=N–C) groups is 1. The Morgan fingerprint density at radius 1 is 0.898 bits per heavy atom. The molecular formula is C36H32N4O9. The number of rotatable bonds is 10. The van der Waals surface area contributed by atoms with Crippen molar-refractivity contribution in [2.24, 2.45) is 4.99 Å². The average molecular weight is 665 g/mol. The van der Waals surface area contributed by atoms with Crippen LogP contribution in [0.4, 0.5) is 17.1 Å². The molecule has 0 bridgehead atoms. The molecule has 2 aliphatic rings. The van der Waals surface area contributed by atoms with Crippen molar-refractivity contribution >= 4 is 68.9 Å². The third-order valence-corrected chi connectivity index (χ3v) is 8.45. The molecule has 1 saturated heterocycles. The third-order valence-electron chi connectivity index (χ3n) is 8.45. The molecule has 0 spiro atoms. The number of amides is 3. The number of esters is 1. The van der Waals surface area contributed by atoms with Crippen molar-refractivity contribution in [3.05, 3.63) is 77.7 Å². The summed E-state index contributed by atoms with van der Waals surface area (Å²) in [7, 11) is 2.78. The van der Waals surface area contributed by atoms with Gasteiger partial charge in [-0.05, 0) is 73.9 Å². The number of benzene rings is 3. The molecule has 0 aliphatic carbocycles. The molecule has 0 saturated carbocycles. The highest BCUT2D eigenvalue weighted by molar-refractivity contribution is 6.06. The highest BCUT2D eigenvalue weighted by Crippen LogP contribution is 2.38. The van der Waals surface area contributed by atoms with E-state index in [9.17, 15) is 19.2 Å². The molecule has 5 aromatic rings. The first-order chi connectivity index (χ1) is 23.8. The SMILES string of the molecule is COC(=O)c1cc2cc(NC(=O)c3cc4cc(NC(=O)CCCOc5cc6c(cc5OC)C(=O)N5CCC[C@H]5C=N6)ccc4o3)ccc2o1. The Morgan fingerprint density at radius 2 is 1.61 bits per heavy atom. The Hall–Kier alpha value is -6.11. The molecule has 49 heavy (non-hydrogen) atoms. The van der Waals surface area contributed by atoms with Crippen LogP contribution >= 0.6 is 0 Å². The Kier molecular flexibility index (Phi) is 8.47. The fourth-order valence-corrected chi connectivity index (χ4v) is 6.01. The average Bonchev–Trinajstić information content (AvgIpc) is 3.85. The second kappa shape index (κ2) is 13.2. The molecule has 2 aliphatic heterocycles. The monoisotopic (exact) mass is 664 g/mol. The first kappa shape index (κ1) is 31.5. The van der Waals surface area contributed by atoms with Gasteiger partial charge in [0.15, 0.2) is 17.3 Å². The predicted octanol–water partition coefficient (Wildman–Crippen LogP) is 6.34.